The number of phenols is 1. The zero-order valence-corrected chi connectivity index (χ0v) is 11.3. The van der Waals surface area contributed by atoms with Crippen molar-refractivity contribution >= 4 is 17.3 Å². The maximum absolute atomic E-state index is 13.2. The van der Waals surface area contributed by atoms with Crippen LogP contribution >= 0.6 is 0 Å². The van der Waals surface area contributed by atoms with Gasteiger partial charge in [0, 0.05) is 6.54 Å². The summed E-state index contributed by atoms with van der Waals surface area (Å²) in [6.07, 6.45) is 2.01. The van der Waals surface area contributed by atoms with E-state index in [0.717, 1.165) is 42.8 Å². The number of amides is 1. The lowest BCUT2D eigenvalue weighted by Crippen LogP contribution is -2.17. The van der Waals surface area contributed by atoms with Crippen LogP contribution < -0.4 is 10.6 Å². The van der Waals surface area contributed by atoms with Crippen LogP contribution in [0, 0.1) is 5.82 Å². The Labute approximate surface area is 121 Å². The van der Waals surface area contributed by atoms with Crippen LogP contribution in [0.2, 0.25) is 0 Å². The number of carbonyl (C=O) groups excluding carboxylic acids is 1. The van der Waals surface area contributed by atoms with Gasteiger partial charge >= 0.3 is 0 Å². The largest absolute Gasteiger partial charge is 0.507 e. The van der Waals surface area contributed by atoms with Crippen molar-refractivity contribution in [3.63, 3.8) is 0 Å². The van der Waals surface area contributed by atoms with Crippen LogP contribution in [0.15, 0.2) is 36.4 Å². The van der Waals surface area contributed by atoms with Gasteiger partial charge in [-0.3, -0.25) is 4.79 Å². The topological polar surface area (TPSA) is 61.4 Å². The van der Waals surface area contributed by atoms with Crippen LogP contribution in [0.25, 0.3) is 0 Å². The number of hydrogen-bond donors (Lipinski definition) is 3. The Morgan fingerprint density at radius 3 is 3.00 bits per heavy atom. The highest BCUT2D eigenvalue weighted by Gasteiger charge is 2.17. The Balaban J connectivity index is 1.90. The number of para-hydroxylation sites is 1. The molecule has 5 heteroatoms. The van der Waals surface area contributed by atoms with Crippen LogP contribution in [0.3, 0.4) is 0 Å². The minimum atomic E-state index is -0.564. The van der Waals surface area contributed by atoms with Crippen molar-refractivity contribution in [2.24, 2.45) is 0 Å². The molecule has 2 aromatic rings. The molecule has 1 aliphatic rings. The molecular weight excluding hydrogens is 271 g/mol. The Morgan fingerprint density at radius 1 is 1.29 bits per heavy atom. The first-order valence-electron chi connectivity index (χ1n) is 6.81. The summed E-state index contributed by atoms with van der Waals surface area (Å²) < 4.78 is 13.2. The number of aromatic hydroxyl groups is 1. The van der Waals surface area contributed by atoms with Crippen molar-refractivity contribution in [2.75, 3.05) is 17.2 Å². The molecule has 0 radical (unpaired) electrons. The average molecular weight is 286 g/mol. The van der Waals surface area contributed by atoms with Gasteiger partial charge < -0.3 is 15.7 Å². The van der Waals surface area contributed by atoms with Crippen molar-refractivity contribution < 1.29 is 14.3 Å². The summed E-state index contributed by atoms with van der Waals surface area (Å²) in [4.78, 5) is 12.2. The lowest BCUT2D eigenvalue weighted by molar-refractivity contribution is 0.102. The summed E-state index contributed by atoms with van der Waals surface area (Å²) >= 11 is 0. The summed E-state index contributed by atoms with van der Waals surface area (Å²) in [7, 11) is 0. The van der Waals surface area contributed by atoms with Crippen molar-refractivity contribution in [1.82, 2.24) is 0 Å². The minimum Gasteiger partial charge on any atom is -0.507 e. The molecule has 0 fully saturated rings. The summed E-state index contributed by atoms with van der Waals surface area (Å²) in [5.41, 5.74) is 2.60. The number of carbonyl (C=O) groups is 1. The Kier molecular flexibility index (Phi) is 3.48. The fourth-order valence-corrected chi connectivity index (χ4v) is 2.49. The monoisotopic (exact) mass is 286 g/mol. The van der Waals surface area contributed by atoms with Gasteiger partial charge in [0.2, 0.25) is 0 Å². The van der Waals surface area contributed by atoms with Crippen LogP contribution in [0.5, 0.6) is 5.75 Å². The van der Waals surface area contributed by atoms with Gasteiger partial charge in [-0.05, 0) is 42.7 Å². The van der Waals surface area contributed by atoms with Crippen LogP contribution in [-0.2, 0) is 6.42 Å². The van der Waals surface area contributed by atoms with E-state index in [-0.39, 0.29) is 11.3 Å². The van der Waals surface area contributed by atoms with E-state index in [1.54, 1.807) is 6.07 Å². The summed E-state index contributed by atoms with van der Waals surface area (Å²) in [6.45, 7) is 0.852. The van der Waals surface area contributed by atoms with E-state index in [1.165, 1.54) is 6.07 Å². The zero-order valence-electron chi connectivity index (χ0n) is 11.3. The van der Waals surface area contributed by atoms with Gasteiger partial charge in [0.05, 0.1) is 16.9 Å². The lowest BCUT2D eigenvalue weighted by Gasteiger charge is -2.21. The summed E-state index contributed by atoms with van der Waals surface area (Å²) in [6, 6.07) is 8.96. The first kappa shape index (κ1) is 13.4. The molecule has 2 aromatic carbocycles. The number of phenolic OH excluding ortho intramolecular Hbond substituents is 1. The molecule has 0 saturated heterocycles. The molecule has 3 rings (SSSR count). The first-order chi connectivity index (χ1) is 10.1. The Hall–Kier alpha value is -2.56. The minimum absolute atomic E-state index is 0.0802. The maximum atomic E-state index is 13.2. The van der Waals surface area contributed by atoms with Crippen molar-refractivity contribution in [2.45, 2.75) is 12.8 Å². The van der Waals surface area contributed by atoms with Gasteiger partial charge in [-0.15, -0.1) is 0 Å². The molecule has 0 bridgehead atoms. The van der Waals surface area contributed by atoms with E-state index in [0.29, 0.717) is 5.69 Å². The van der Waals surface area contributed by atoms with Gasteiger partial charge in [-0.2, -0.15) is 0 Å². The number of fused-ring (bicyclic) bond motifs is 1. The highest BCUT2D eigenvalue weighted by atomic mass is 19.1. The molecule has 21 heavy (non-hydrogen) atoms. The van der Waals surface area contributed by atoms with E-state index < -0.39 is 11.7 Å². The third-order valence-electron chi connectivity index (χ3n) is 3.53. The quantitative estimate of drug-likeness (QED) is 0.794. The van der Waals surface area contributed by atoms with Crippen LogP contribution in [0.1, 0.15) is 22.3 Å². The van der Waals surface area contributed by atoms with Crippen LogP contribution in [0.4, 0.5) is 15.8 Å². The van der Waals surface area contributed by atoms with E-state index in [9.17, 15) is 14.3 Å². The zero-order chi connectivity index (χ0) is 14.8. The molecule has 1 amide bonds. The molecular formula is C16H15FN2O2. The van der Waals surface area contributed by atoms with Gasteiger partial charge in [-0.1, -0.05) is 12.1 Å². The number of rotatable bonds is 2. The smallest absolute Gasteiger partial charge is 0.259 e. The molecule has 0 aromatic heterocycles. The molecule has 0 aliphatic carbocycles. The van der Waals surface area contributed by atoms with Crippen LogP contribution in [-0.4, -0.2) is 17.6 Å². The number of anilines is 2. The second-order valence-corrected chi connectivity index (χ2v) is 4.99. The Bertz CT molecular complexity index is 701. The molecule has 4 nitrogen and oxygen atoms in total. The second kappa shape index (κ2) is 5.44. The fraction of sp³-hybridized carbons (Fsp3) is 0.188. The number of aryl methyl sites for hydroxylation is 1. The normalized spacial score (nSPS) is 13.2. The average Bonchev–Trinajstić information content (AvgIpc) is 2.50. The third-order valence-corrected chi connectivity index (χ3v) is 3.53. The van der Waals surface area contributed by atoms with Gasteiger partial charge in [0.15, 0.2) is 0 Å². The van der Waals surface area contributed by atoms with Gasteiger partial charge in [0.1, 0.15) is 11.6 Å². The third kappa shape index (κ3) is 2.67. The van der Waals surface area contributed by atoms with Crippen molar-refractivity contribution in [3.8, 4) is 5.75 Å². The molecule has 0 spiro atoms. The SMILES string of the molecule is O=C(Nc1cccc2c1NCCC2)c1cc(F)ccc1O. The Morgan fingerprint density at radius 2 is 2.14 bits per heavy atom. The molecule has 0 unspecified atom stereocenters. The number of benzene rings is 2. The fourth-order valence-electron chi connectivity index (χ4n) is 2.49. The van der Waals surface area contributed by atoms with E-state index in [2.05, 4.69) is 10.6 Å². The summed E-state index contributed by atoms with van der Waals surface area (Å²) in [5, 5.41) is 15.7. The predicted molar refractivity (Wildman–Crippen MR) is 79.3 cm³/mol. The molecule has 108 valence electrons. The molecule has 1 aliphatic heterocycles. The highest BCUT2D eigenvalue weighted by molar-refractivity contribution is 6.07. The van der Waals surface area contributed by atoms with E-state index >= 15 is 0 Å². The van der Waals surface area contributed by atoms with Gasteiger partial charge in [-0.25, -0.2) is 4.39 Å². The van der Waals surface area contributed by atoms with E-state index in [1.807, 2.05) is 12.1 Å². The molecule has 1 heterocycles. The summed E-state index contributed by atoms with van der Waals surface area (Å²) in [5.74, 6) is -1.34. The van der Waals surface area contributed by atoms with Crippen molar-refractivity contribution in [1.29, 1.82) is 0 Å². The first-order valence-corrected chi connectivity index (χ1v) is 6.81. The standard InChI is InChI=1S/C16H15FN2O2/c17-11-6-7-14(20)12(9-11)16(21)19-13-5-1-3-10-4-2-8-18-15(10)13/h1,3,5-7,9,18,20H,2,4,8H2,(H,19,21). The maximum Gasteiger partial charge on any atom is 0.259 e. The number of halogens is 1. The van der Waals surface area contributed by atoms with Gasteiger partial charge in [0.25, 0.3) is 5.91 Å². The molecule has 0 atom stereocenters. The second-order valence-electron chi connectivity index (χ2n) is 4.99. The molecule has 3 N–H and O–H groups in total. The molecule has 0 saturated carbocycles. The number of hydrogen-bond acceptors (Lipinski definition) is 3. The van der Waals surface area contributed by atoms with Crippen molar-refractivity contribution in [3.05, 3.63) is 53.3 Å². The van der Waals surface area contributed by atoms with E-state index in [4.69, 9.17) is 0 Å². The number of nitrogens with one attached hydrogen (secondary N) is 2. The highest BCUT2D eigenvalue weighted by Crippen LogP contribution is 2.31. The lowest BCUT2D eigenvalue weighted by atomic mass is 10.0. The predicted octanol–water partition coefficient (Wildman–Crippen LogP) is 3.14.